The molecule has 0 saturated heterocycles. The van der Waals surface area contributed by atoms with Crippen molar-refractivity contribution in [2.45, 2.75) is 20.3 Å². The van der Waals surface area contributed by atoms with Gasteiger partial charge in [0.25, 0.3) is 0 Å². The second-order valence-electron chi connectivity index (χ2n) is 4.29. The summed E-state index contributed by atoms with van der Waals surface area (Å²) in [6.45, 7) is 8.21. The minimum atomic E-state index is 1.09. The maximum atomic E-state index is 3.91. The number of benzene rings is 2. The van der Waals surface area contributed by atoms with E-state index < -0.39 is 0 Å². The average molecular weight is 222 g/mol. The molecular formula is C17H18. The van der Waals surface area contributed by atoms with Crippen molar-refractivity contribution in [2.75, 3.05) is 0 Å². The monoisotopic (exact) mass is 222 g/mol. The number of rotatable bonds is 3. The van der Waals surface area contributed by atoms with Crippen LogP contribution in [0.5, 0.6) is 0 Å². The van der Waals surface area contributed by atoms with Crippen LogP contribution in [0, 0.1) is 6.92 Å². The van der Waals surface area contributed by atoms with E-state index in [4.69, 9.17) is 0 Å². The molecular weight excluding hydrogens is 204 g/mol. The van der Waals surface area contributed by atoms with Crippen molar-refractivity contribution < 1.29 is 0 Å². The molecule has 17 heavy (non-hydrogen) atoms. The zero-order valence-corrected chi connectivity index (χ0v) is 10.5. The molecule has 0 atom stereocenters. The summed E-state index contributed by atoms with van der Waals surface area (Å²) in [6, 6.07) is 15.2. The summed E-state index contributed by atoms with van der Waals surface area (Å²) >= 11 is 0. The Morgan fingerprint density at radius 2 is 1.76 bits per heavy atom. The lowest BCUT2D eigenvalue weighted by Gasteiger charge is -2.09. The predicted molar refractivity (Wildman–Crippen MR) is 76.1 cm³/mol. The van der Waals surface area contributed by atoms with Crippen LogP contribution in [0.15, 0.2) is 49.0 Å². The lowest BCUT2D eigenvalue weighted by atomic mass is 9.95. The smallest absolute Gasteiger partial charge is 0.0109 e. The maximum absolute atomic E-state index is 3.91. The molecule has 0 N–H and O–H groups in total. The third kappa shape index (κ3) is 2.31. The van der Waals surface area contributed by atoms with Gasteiger partial charge in [-0.15, -0.1) is 0 Å². The van der Waals surface area contributed by atoms with Gasteiger partial charge in [-0.1, -0.05) is 62.0 Å². The molecule has 0 heteroatoms. The third-order valence-electron chi connectivity index (χ3n) is 3.20. The normalized spacial score (nSPS) is 10.2. The highest BCUT2D eigenvalue weighted by molar-refractivity contribution is 5.76. The van der Waals surface area contributed by atoms with E-state index in [9.17, 15) is 0 Å². The van der Waals surface area contributed by atoms with E-state index in [0.717, 1.165) is 6.42 Å². The van der Waals surface area contributed by atoms with E-state index in [-0.39, 0.29) is 0 Å². The maximum Gasteiger partial charge on any atom is -0.0109 e. The first-order chi connectivity index (χ1) is 8.26. The number of hydrogen-bond acceptors (Lipinski definition) is 0. The molecule has 0 nitrogen and oxygen atoms in total. The molecule has 0 heterocycles. The van der Waals surface area contributed by atoms with Gasteiger partial charge in [-0.25, -0.2) is 0 Å². The van der Waals surface area contributed by atoms with Gasteiger partial charge in [-0.3, -0.25) is 0 Å². The highest BCUT2D eigenvalue weighted by Gasteiger charge is 2.04. The van der Waals surface area contributed by atoms with Crippen LogP contribution in [0.25, 0.3) is 17.2 Å². The summed E-state index contributed by atoms with van der Waals surface area (Å²) in [6.07, 6.45) is 3.03. The molecule has 0 bridgehead atoms. The van der Waals surface area contributed by atoms with Crippen LogP contribution < -0.4 is 0 Å². The van der Waals surface area contributed by atoms with Crippen LogP contribution in [0.1, 0.15) is 23.6 Å². The predicted octanol–water partition coefficient (Wildman–Crippen LogP) is 4.87. The summed E-state index contributed by atoms with van der Waals surface area (Å²) in [5, 5.41) is 0. The zero-order chi connectivity index (χ0) is 12.3. The van der Waals surface area contributed by atoms with E-state index in [2.05, 4.69) is 62.9 Å². The summed E-state index contributed by atoms with van der Waals surface area (Å²) in [7, 11) is 0. The number of aryl methyl sites for hydroxylation is 2. The fraction of sp³-hybridized carbons (Fsp3) is 0.176. The van der Waals surface area contributed by atoms with Gasteiger partial charge in [-0.05, 0) is 41.2 Å². The highest BCUT2D eigenvalue weighted by atomic mass is 14.1. The third-order valence-corrected chi connectivity index (χ3v) is 3.20. The van der Waals surface area contributed by atoms with E-state index in [1.165, 1.54) is 27.8 Å². The Hall–Kier alpha value is -1.82. The van der Waals surface area contributed by atoms with Crippen molar-refractivity contribution in [3.63, 3.8) is 0 Å². The minimum Gasteiger partial charge on any atom is -0.0984 e. The zero-order valence-electron chi connectivity index (χ0n) is 10.5. The topological polar surface area (TPSA) is 0 Å². The van der Waals surface area contributed by atoms with Crippen LogP contribution >= 0.6 is 0 Å². The average Bonchev–Trinajstić information content (AvgIpc) is 2.38. The first-order valence-electron chi connectivity index (χ1n) is 6.07. The van der Waals surface area contributed by atoms with Crippen molar-refractivity contribution in [2.24, 2.45) is 0 Å². The molecule has 0 aromatic heterocycles. The van der Waals surface area contributed by atoms with Gasteiger partial charge in [0.15, 0.2) is 0 Å². The van der Waals surface area contributed by atoms with Crippen LogP contribution in [0.3, 0.4) is 0 Å². The molecule has 0 aliphatic heterocycles. The molecule has 2 aromatic carbocycles. The fourth-order valence-corrected chi connectivity index (χ4v) is 2.12. The summed E-state index contributed by atoms with van der Waals surface area (Å²) < 4.78 is 0. The first kappa shape index (κ1) is 11.7. The van der Waals surface area contributed by atoms with Crippen LogP contribution in [0.4, 0.5) is 0 Å². The Kier molecular flexibility index (Phi) is 3.43. The quantitative estimate of drug-likeness (QED) is 0.695. The molecule has 0 saturated carbocycles. The van der Waals surface area contributed by atoms with E-state index >= 15 is 0 Å². The van der Waals surface area contributed by atoms with Crippen molar-refractivity contribution in [1.29, 1.82) is 0 Å². The van der Waals surface area contributed by atoms with Gasteiger partial charge in [-0.2, -0.15) is 0 Å². The van der Waals surface area contributed by atoms with Gasteiger partial charge >= 0.3 is 0 Å². The Labute approximate surface area is 104 Å². The second-order valence-corrected chi connectivity index (χ2v) is 4.29. The molecule has 0 aliphatic rings. The van der Waals surface area contributed by atoms with E-state index in [0.29, 0.717) is 0 Å². The molecule has 2 rings (SSSR count). The Balaban J connectivity index is 2.52. The van der Waals surface area contributed by atoms with Crippen LogP contribution in [-0.2, 0) is 6.42 Å². The molecule has 2 aromatic rings. The Morgan fingerprint density at radius 1 is 1.06 bits per heavy atom. The molecule has 0 radical (unpaired) electrons. The lowest BCUT2D eigenvalue weighted by Crippen LogP contribution is -1.87. The first-order valence-corrected chi connectivity index (χ1v) is 6.07. The van der Waals surface area contributed by atoms with Crippen LogP contribution in [0.2, 0.25) is 0 Å². The Morgan fingerprint density at radius 3 is 2.35 bits per heavy atom. The lowest BCUT2D eigenvalue weighted by molar-refractivity contribution is 1.14. The van der Waals surface area contributed by atoms with Gasteiger partial charge < -0.3 is 0 Å². The van der Waals surface area contributed by atoms with Gasteiger partial charge in [0.2, 0.25) is 0 Å². The van der Waals surface area contributed by atoms with Gasteiger partial charge in [0.05, 0.1) is 0 Å². The van der Waals surface area contributed by atoms with Crippen molar-refractivity contribution in [1.82, 2.24) is 0 Å². The minimum absolute atomic E-state index is 1.09. The summed E-state index contributed by atoms with van der Waals surface area (Å²) in [5.41, 5.74) is 6.42. The fourth-order valence-electron chi connectivity index (χ4n) is 2.12. The van der Waals surface area contributed by atoms with Crippen molar-refractivity contribution in [3.8, 4) is 11.1 Å². The van der Waals surface area contributed by atoms with Crippen molar-refractivity contribution >= 4 is 6.08 Å². The standard InChI is InChI=1S/C17H18/c1-4-14-9-11-15(12-10-14)17-8-6-7-13(3)16(17)5-2/h5-12H,2,4H2,1,3H3. The number of hydrogen-bond donors (Lipinski definition) is 0. The second kappa shape index (κ2) is 5.01. The Bertz CT molecular complexity index is 518. The largest absolute Gasteiger partial charge is 0.0984 e. The van der Waals surface area contributed by atoms with Crippen LogP contribution in [-0.4, -0.2) is 0 Å². The molecule has 0 fully saturated rings. The van der Waals surface area contributed by atoms with Gasteiger partial charge in [0, 0.05) is 0 Å². The summed E-state index contributed by atoms with van der Waals surface area (Å²) in [5.74, 6) is 0. The summed E-state index contributed by atoms with van der Waals surface area (Å²) in [4.78, 5) is 0. The van der Waals surface area contributed by atoms with Gasteiger partial charge in [0.1, 0.15) is 0 Å². The highest BCUT2D eigenvalue weighted by Crippen LogP contribution is 2.27. The molecule has 0 spiro atoms. The van der Waals surface area contributed by atoms with E-state index in [1.807, 2.05) is 6.08 Å². The molecule has 0 unspecified atom stereocenters. The molecule has 86 valence electrons. The van der Waals surface area contributed by atoms with Crippen molar-refractivity contribution in [3.05, 3.63) is 65.7 Å². The SMILES string of the molecule is C=Cc1c(C)cccc1-c1ccc(CC)cc1. The molecule has 0 aliphatic carbocycles. The van der Waals surface area contributed by atoms with E-state index in [1.54, 1.807) is 0 Å². The molecule has 0 amide bonds.